The highest BCUT2D eigenvalue weighted by Crippen LogP contribution is 2.24. The molecule has 31 heavy (non-hydrogen) atoms. The SMILES string of the molecule is COc1ccnc(S(=O)(=O)c2ccc3c(=O)n(Cc4ccc(OC)nc4)ncc3c2)c1. The molecule has 3 aromatic heterocycles. The number of hydrogen-bond donors (Lipinski definition) is 0. The summed E-state index contributed by atoms with van der Waals surface area (Å²) in [7, 11) is -0.920. The molecule has 10 heteroatoms. The van der Waals surface area contributed by atoms with Crippen LogP contribution in [0.4, 0.5) is 0 Å². The minimum atomic E-state index is -3.89. The Hall–Kier alpha value is -3.79. The number of methoxy groups -OCH3 is 2. The first-order valence-corrected chi connectivity index (χ1v) is 10.6. The Morgan fingerprint density at radius 1 is 0.968 bits per heavy atom. The molecule has 0 saturated heterocycles. The van der Waals surface area contributed by atoms with Gasteiger partial charge in [0.15, 0.2) is 5.03 Å². The quantitative estimate of drug-likeness (QED) is 0.450. The molecule has 158 valence electrons. The highest BCUT2D eigenvalue weighted by atomic mass is 32.2. The van der Waals surface area contributed by atoms with Gasteiger partial charge in [-0.05, 0) is 29.8 Å². The van der Waals surface area contributed by atoms with Crippen molar-refractivity contribution >= 4 is 20.6 Å². The molecule has 0 saturated carbocycles. The Balaban J connectivity index is 1.70. The van der Waals surface area contributed by atoms with Gasteiger partial charge in [-0.3, -0.25) is 4.79 Å². The van der Waals surface area contributed by atoms with Crippen LogP contribution in [-0.2, 0) is 16.4 Å². The number of pyridine rings is 2. The third-order valence-electron chi connectivity index (χ3n) is 4.69. The van der Waals surface area contributed by atoms with Crippen LogP contribution in [0, 0.1) is 0 Å². The van der Waals surface area contributed by atoms with Crippen LogP contribution in [0.25, 0.3) is 10.8 Å². The van der Waals surface area contributed by atoms with Crippen LogP contribution < -0.4 is 15.0 Å². The third-order valence-corrected chi connectivity index (χ3v) is 6.34. The molecular formula is C21H18N4O5S. The van der Waals surface area contributed by atoms with Crippen LogP contribution in [0.5, 0.6) is 11.6 Å². The molecule has 0 radical (unpaired) electrons. The molecule has 0 spiro atoms. The second kappa shape index (κ2) is 8.15. The van der Waals surface area contributed by atoms with Gasteiger partial charge in [-0.25, -0.2) is 23.1 Å². The summed E-state index contributed by atoms with van der Waals surface area (Å²) in [4.78, 5) is 20.9. The highest BCUT2D eigenvalue weighted by molar-refractivity contribution is 7.91. The summed E-state index contributed by atoms with van der Waals surface area (Å²) in [6, 6.07) is 10.7. The summed E-state index contributed by atoms with van der Waals surface area (Å²) in [5.41, 5.74) is 0.440. The van der Waals surface area contributed by atoms with E-state index < -0.39 is 9.84 Å². The Morgan fingerprint density at radius 2 is 1.81 bits per heavy atom. The summed E-state index contributed by atoms with van der Waals surface area (Å²) in [6.07, 6.45) is 4.43. The van der Waals surface area contributed by atoms with Gasteiger partial charge in [0.25, 0.3) is 5.56 Å². The molecule has 0 amide bonds. The number of benzene rings is 1. The molecule has 0 unspecified atom stereocenters. The van der Waals surface area contributed by atoms with Crippen molar-refractivity contribution in [2.45, 2.75) is 16.5 Å². The Kier molecular flexibility index (Phi) is 5.38. The normalized spacial score (nSPS) is 11.4. The molecule has 0 bridgehead atoms. The minimum Gasteiger partial charge on any atom is -0.497 e. The highest BCUT2D eigenvalue weighted by Gasteiger charge is 2.21. The number of nitrogens with zero attached hydrogens (tertiary/aromatic N) is 4. The van der Waals surface area contributed by atoms with Gasteiger partial charge in [0, 0.05) is 29.9 Å². The average Bonchev–Trinajstić information content (AvgIpc) is 2.81. The number of rotatable bonds is 6. The average molecular weight is 438 g/mol. The molecule has 1 aromatic carbocycles. The smallest absolute Gasteiger partial charge is 0.274 e. The number of ether oxygens (including phenoxy) is 2. The van der Waals surface area contributed by atoms with Crippen molar-refractivity contribution in [3.8, 4) is 11.6 Å². The van der Waals surface area contributed by atoms with Gasteiger partial charge in [-0.15, -0.1) is 0 Å². The van der Waals surface area contributed by atoms with Gasteiger partial charge in [0.05, 0.1) is 37.2 Å². The van der Waals surface area contributed by atoms with Crippen LogP contribution in [0.1, 0.15) is 5.56 Å². The largest absolute Gasteiger partial charge is 0.497 e. The zero-order valence-corrected chi connectivity index (χ0v) is 17.5. The van der Waals surface area contributed by atoms with Gasteiger partial charge in [0.1, 0.15) is 5.75 Å². The van der Waals surface area contributed by atoms with Crippen molar-refractivity contribution in [2.24, 2.45) is 0 Å². The van der Waals surface area contributed by atoms with Gasteiger partial charge in [-0.1, -0.05) is 6.07 Å². The van der Waals surface area contributed by atoms with E-state index in [1.54, 1.807) is 24.4 Å². The van der Waals surface area contributed by atoms with Crippen LogP contribution in [-0.4, -0.2) is 42.4 Å². The fourth-order valence-electron chi connectivity index (χ4n) is 3.03. The first-order chi connectivity index (χ1) is 14.9. The minimum absolute atomic E-state index is 0.0130. The second-order valence-electron chi connectivity index (χ2n) is 6.60. The lowest BCUT2D eigenvalue weighted by Crippen LogP contribution is -2.23. The summed E-state index contributed by atoms with van der Waals surface area (Å²) in [5, 5.41) is 4.81. The Labute approximate surface area is 177 Å². The van der Waals surface area contributed by atoms with Gasteiger partial charge < -0.3 is 9.47 Å². The summed E-state index contributed by atoms with van der Waals surface area (Å²) in [5.74, 6) is 0.855. The summed E-state index contributed by atoms with van der Waals surface area (Å²) in [6.45, 7) is 0.222. The molecule has 0 aliphatic rings. The standard InChI is InChI=1S/C21H18N4O5S/c1-29-16-7-8-22-20(10-16)31(27,28)17-4-5-18-15(9-17)12-24-25(21(18)26)13-14-3-6-19(30-2)23-11-14/h3-12H,13H2,1-2H3. The molecule has 3 heterocycles. The van der Waals surface area contributed by atoms with Gasteiger partial charge >= 0.3 is 0 Å². The van der Waals surface area contributed by atoms with Crippen molar-refractivity contribution in [3.63, 3.8) is 0 Å². The zero-order chi connectivity index (χ0) is 22.0. The van der Waals surface area contributed by atoms with E-state index in [1.807, 2.05) is 0 Å². The van der Waals surface area contributed by atoms with E-state index in [0.29, 0.717) is 22.4 Å². The lowest BCUT2D eigenvalue weighted by atomic mass is 10.2. The van der Waals surface area contributed by atoms with E-state index >= 15 is 0 Å². The molecule has 0 aliphatic heterocycles. The maximum Gasteiger partial charge on any atom is 0.274 e. The van der Waals surface area contributed by atoms with Crippen molar-refractivity contribution in [3.05, 3.63) is 77.0 Å². The fourth-order valence-corrected chi connectivity index (χ4v) is 4.27. The first kappa shape index (κ1) is 20.5. The van der Waals surface area contributed by atoms with Gasteiger partial charge in [0.2, 0.25) is 15.7 Å². The lowest BCUT2D eigenvalue weighted by Gasteiger charge is -2.09. The molecule has 4 rings (SSSR count). The molecule has 9 nitrogen and oxygen atoms in total. The zero-order valence-electron chi connectivity index (χ0n) is 16.7. The molecule has 0 N–H and O–H groups in total. The van der Waals surface area contributed by atoms with Crippen molar-refractivity contribution < 1.29 is 17.9 Å². The molecular weight excluding hydrogens is 420 g/mol. The molecule has 4 aromatic rings. The number of aromatic nitrogens is 4. The van der Waals surface area contributed by atoms with E-state index in [1.165, 1.54) is 55.6 Å². The monoisotopic (exact) mass is 438 g/mol. The van der Waals surface area contributed by atoms with Crippen molar-refractivity contribution in [1.82, 2.24) is 19.7 Å². The fraction of sp³-hybridized carbons (Fsp3) is 0.143. The van der Waals surface area contributed by atoms with Crippen LogP contribution in [0.2, 0.25) is 0 Å². The summed E-state index contributed by atoms with van der Waals surface area (Å²) >= 11 is 0. The summed E-state index contributed by atoms with van der Waals surface area (Å²) < 4.78 is 37.3. The Morgan fingerprint density at radius 3 is 2.52 bits per heavy atom. The van der Waals surface area contributed by atoms with E-state index in [-0.39, 0.29) is 22.0 Å². The van der Waals surface area contributed by atoms with Gasteiger partial charge in [-0.2, -0.15) is 5.10 Å². The van der Waals surface area contributed by atoms with E-state index in [0.717, 1.165) is 5.56 Å². The lowest BCUT2D eigenvalue weighted by molar-refractivity contribution is 0.397. The van der Waals surface area contributed by atoms with E-state index in [4.69, 9.17) is 9.47 Å². The maximum absolute atomic E-state index is 13.0. The molecule has 0 aliphatic carbocycles. The third kappa shape index (κ3) is 3.97. The number of sulfone groups is 1. The first-order valence-electron chi connectivity index (χ1n) is 9.16. The predicted octanol–water partition coefficient (Wildman–Crippen LogP) is 2.08. The number of hydrogen-bond acceptors (Lipinski definition) is 8. The van der Waals surface area contributed by atoms with E-state index in [2.05, 4.69) is 15.1 Å². The van der Waals surface area contributed by atoms with Crippen LogP contribution >= 0.6 is 0 Å². The predicted molar refractivity (Wildman–Crippen MR) is 112 cm³/mol. The number of fused-ring (bicyclic) bond motifs is 1. The second-order valence-corrected chi connectivity index (χ2v) is 8.50. The maximum atomic E-state index is 13.0. The Bertz CT molecular complexity index is 1420. The van der Waals surface area contributed by atoms with Crippen LogP contribution in [0.3, 0.4) is 0 Å². The topological polar surface area (TPSA) is 113 Å². The molecule has 0 fully saturated rings. The van der Waals surface area contributed by atoms with Crippen molar-refractivity contribution in [1.29, 1.82) is 0 Å². The molecule has 0 atom stereocenters. The van der Waals surface area contributed by atoms with Crippen LogP contribution in [0.15, 0.2) is 75.8 Å². The van der Waals surface area contributed by atoms with E-state index in [9.17, 15) is 13.2 Å². The van der Waals surface area contributed by atoms with Crippen molar-refractivity contribution in [2.75, 3.05) is 14.2 Å².